The lowest BCUT2D eigenvalue weighted by atomic mass is 10.1. The summed E-state index contributed by atoms with van der Waals surface area (Å²) in [7, 11) is 0. The van der Waals surface area contributed by atoms with Crippen LogP contribution in [0.15, 0.2) is 53.1 Å². The van der Waals surface area contributed by atoms with Crippen LogP contribution in [0, 0.1) is 20.8 Å². The van der Waals surface area contributed by atoms with Gasteiger partial charge in [-0.15, -0.1) is 0 Å². The molecule has 1 aliphatic heterocycles. The fourth-order valence-electron chi connectivity index (χ4n) is 4.07. The van der Waals surface area contributed by atoms with Crippen LogP contribution < -0.4 is 0 Å². The molecule has 0 aliphatic carbocycles. The summed E-state index contributed by atoms with van der Waals surface area (Å²) in [5.41, 5.74) is 5.30. The Bertz CT molecular complexity index is 1010. The van der Waals surface area contributed by atoms with Gasteiger partial charge in [0, 0.05) is 35.8 Å². The lowest BCUT2D eigenvalue weighted by molar-refractivity contribution is -0.126. The summed E-state index contributed by atoms with van der Waals surface area (Å²) >= 11 is 0. The van der Waals surface area contributed by atoms with Gasteiger partial charge in [-0.1, -0.05) is 23.4 Å². The molecule has 2 aromatic heterocycles. The highest BCUT2D eigenvalue weighted by Crippen LogP contribution is 2.32. The minimum atomic E-state index is 0.00588. The monoisotopic (exact) mass is 375 g/mol. The van der Waals surface area contributed by atoms with E-state index in [0.29, 0.717) is 0 Å². The molecule has 1 saturated heterocycles. The second-order valence-electron chi connectivity index (χ2n) is 7.38. The summed E-state index contributed by atoms with van der Waals surface area (Å²) in [5.74, 6) is 0.797. The third-order valence-electron chi connectivity index (χ3n) is 5.41. The van der Waals surface area contributed by atoms with Gasteiger partial charge in [0.1, 0.15) is 11.5 Å². The zero-order valence-electron chi connectivity index (χ0n) is 16.6. The fourth-order valence-corrected chi connectivity index (χ4v) is 4.07. The lowest BCUT2D eigenvalue weighted by Crippen LogP contribution is -2.29. The SMILES string of the molecule is Cc1cc([C@H]2CCCN2C(=O)/C=C/c2cc(C)n(-c3ccccc3)c2C)no1. The summed E-state index contributed by atoms with van der Waals surface area (Å²) < 4.78 is 7.41. The molecule has 4 rings (SSSR count). The largest absolute Gasteiger partial charge is 0.361 e. The number of hydrogen-bond donors (Lipinski definition) is 0. The molecule has 0 bridgehead atoms. The maximum absolute atomic E-state index is 12.9. The van der Waals surface area contributed by atoms with Crippen LogP contribution in [-0.2, 0) is 4.79 Å². The molecule has 3 aromatic rings. The van der Waals surface area contributed by atoms with E-state index in [4.69, 9.17) is 4.52 Å². The third-order valence-corrected chi connectivity index (χ3v) is 5.41. The zero-order valence-corrected chi connectivity index (χ0v) is 16.6. The highest BCUT2D eigenvalue weighted by Gasteiger charge is 2.31. The van der Waals surface area contributed by atoms with Crippen molar-refractivity contribution < 1.29 is 9.32 Å². The average molecular weight is 375 g/mol. The van der Waals surface area contributed by atoms with Crippen LogP contribution in [0.1, 0.15) is 47.3 Å². The van der Waals surface area contributed by atoms with Gasteiger partial charge in [0.2, 0.25) is 5.91 Å². The van der Waals surface area contributed by atoms with Crippen molar-refractivity contribution >= 4 is 12.0 Å². The summed E-state index contributed by atoms with van der Waals surface area (Å²) in [6, 6.07) is 14.3. The first-order valence-corrected chi connectivity index (χ1v) is 9.71. The Balaban J connectivity index is 1.55. The lowest BCUT2D eigenvalue weighted by Gasteiger charge is -2.21. The second-order valence-corrected chi connectivity index (χ2v) is 7.38. The Hall–Kier alpha value is -3.08. The first kappa shape index (κ1) is 18.3. The number of hydrogen-bond acceptors (Lipinski definition) is 3. The number of nitrogens with zero attached hydrogens (tertiary/aromatic N) is 3. The van der Waals surface area contributed by atoms with Crippen molar-refractivity contribution in [2.75, 3.05) is 6.54 Å². The Morgan fingerprint density at radius 3 is 2.68 bits per heavy atom. The maximum Gasteiger partial charge on any atom is 0.247 e. The number of benzene rings is 1. The van der Waals surface area contributed by atoms with Crippen LogP contribution in [0.2, 0.25) is 0 Å². The summed E-state index contributed by atoms with van der Waals surface area (Å²) in [4.78, 5) is 14.7. The van der Waals surface area contributed by atoms with E-state index in [1.54, 1.807) is 6.08 Å². The van der Waals surface area contributed by atoms with Crippen molar-refractivity contribution in [1.29, 1.82) is 0 Å². The van der Waals surface area contributed by atoms with E-state index in [-0.39, 0.29) is 11.9 Å². The van der Waals surface area contributed by atoms with Gasteiger partial charge in [-0.25, -0.2) is 0 Å². The highest BCUT2D eigenvalue weighted by molar-refractivity contribution is 5.92. The van der Waals surface area contributed by atoms with Gasteiger partial charge in [-0.3, -0.25) is 4.79 Å². The fraction of sp³-hybridized carbons (Fsp3) is 0.304. The summed E-state index contributed by atoms with van der Waals surface area (Å²) in [5, 5.41) is 4.12. The van der Waals surface area contributed by atoms with Crippen molar-refractivity contribution in [2.24, 2.45) is 0 Å². The minimum absolute atomic E-state index is 0.00588. The molecule has 1 amide bonds. The molecule has 0 saturated carbocycles. The van der Waals surface area contributed by atoms with Crippen LogP contribution in [0.4, 0.5) is 0 Å². The van der Waals surface area contributed by atoms with Crippen molar-refractivity contribution in [1.82, 2.24) is 14.6 Å². The molecule has 0 N–H and O–H groups in total. The Kier molecular flexibility index (Phi) is 4.90. The van der Waals surface area contributed by atoms with Crippen molar-refractivity contribution in [3.63, 3.8) is 0 Å². The highest BCUT2D eigenvalue weighted by atomic mass is 16.5. The van der Waals surface area contributed by atoms with Gasteiger partial charge in [0.25, 0.3) is 0 Å². The number of rotatable bonds is 4. The average Bonchev–Trinajstić information content (AvgIpc) is 3.40. The van der Waals surface area contributed by atoms with Crippen LogP contribution >= 0.6 is 0 Å². The Labute approximate surface area is 165 Å². The molecule has 0 spiro atoms. The van der Waals surface area contributed by atoms with E-state index < -0.39 is 0 Å². The van der Waals surface area contributed by atoms with Gasteiger partial charge in [-0.05, 0) is 63.5 Å². The predicted molar refractivity (Wildman–Crippen MR) is 109 cm³/mol. The molecule has 1 aromatic carbocycles. The molecule has 144 valence electrons. The second kappa shape index (κ2) is 7.50. The predicted octanol–water partition coefficient (Wildman–Crippen LogP) is 4.77. The number of para-hydroxylation sites is 1. The van der Waals surface area contributed by atoms with Gasteiger partial charge < -0.3 is 14.0 Å². The van der Waals surface area contributed by atoms with Crippen LogP contribution in [-0.4, -0.2) is 27.1 Å². The molecule has 0 radical (unpaired) electrons. The van der Waals surface area contributed by atoms with Gasteiger partial charge >= 0.3 is 0 Å². The number of aryl methyl sites for hydroxylation is 2. The van der Waals surface area contributed by atoms with Crippen molar-refractivity contribution in [3.8, 4) is 5.69 Å². The number of amides is 1. The molecule has 0 unspecified atom stereocenters. The van der Waals surface area contributed by atoms with E-state index in [2.05, 4.69) is 41.8 Å². The molecule has 28 heavy (non-hydrogen) atoms. The molecular formula is C23H25N3O2. The van der Waals surface area contributed by atoms with Gasteiger partial charge in [0.15, 0.2) is 0 Å². The molecule has 5 heteroatoms. The third kappa shape index (κ3) is 3.40. The smallest absolute Gasteiger partial charge is 0.247 e. The zero-order chi connectivity index (χ0) is 19.7. The number of aromatic nitrogens is 2. The number of likely N-dealkylation sites (tertiary alicyclic amines) is 1. The normalized spacial score (nSPS) is 17.0. The molecule has 5 nitrogen and oxygen atoms in total. The van der Waals surface area contributed by atoms with E-state index >= 15 is 0 Å². The Morgan fingerprint density at radius 1 is 1.18 bits per heavy atom. The van der Waals surface area contributed by atoms with Crippen molar-refractivity contribution in [3.05, 3.63) is 76.9 Å². The summed E-state index contributed by atoms with van der Waals surface area (Å²) in [6.07, 6.45) is 5.52. The minimum Gasteiger partial charge on any atom is -0.361 e. The van der Waals surface area contributed by atoms with Crippen LogP contribution in [0.3, 0.4) is 0 Å². The van der Waals surface area contributed by atoms with E-state index in [9.17, 15) is 4.79 Å². The number of carbonyl (C=O) groups is 1. The number of carbonyl (C=O) groups excluding carboxylic acids is 1. The van der Waals surface area contributed by atoms with Gasteiger partial charge in [-0.2, -0.15) is 0 Å². The van der Waals surface area contributed by atoms with Crippen LogP contribution in [0.5, 0.6) is 0 Å². The van der Waals surface area contributed by atoms with E-state index in [0.717, 1.165) is 53.5 Å². The first-order valence-electron chi connectivity index (χ1n) is 9.71. The van der Waals surface area contributed by atoms with Crippen molar-refractivity contribution in [2.45, 2.75) is 39.7 Å². The first-order chi connectivity index (χ1) is 13.5. The van der Waals surface area contributed by atoms with Crippen LogP contribution in [0.25, 0.3) is 11.8 Å². The molecule has 3 heterocycles. The topological polar surface area (TPSA) is 51.3 Å². The summed E-state index contributed by atoms with van der Waals surface area (Å²) in [6.45, 7) is 6.80. The Morgan fingerprint density at radius 2 is 1.96 bits per heavy atom. The van der Waals surface area contributed by atoms with E-state index in [1.807, 2.05) is 42.2 Å². The molecule has 1 aliphatic rings. The molecule has 1 fully saturated rings. The molecule has 1 atom stereocenters. The quantitative estimate of drug-likeness (QED) is 0.617. The molecular weight excluding hydrogens is 350 g/mol. The standard InChI is InChI=1S/C23H25N3O2/c1-16-14-19(18(3)26(16)20-8-5-4-6-9-20)11-12-23(27)25-13-7-10-22(25)21-15-17(2)28-24-21/h4-6,8-9,11-12,14-15,22H,7,10,13H2,1-3H3/b12-11+/t22-/m1/s1. The van der Waals surface area contributed by atoms with Gasteiger partial charge in [0.05, 0.1) is 6.04 Å². The van der Waals surface area contributed by atoms with E-state index in [1.165, 1.54) is 0 Å². The maximum atomic E-state index is 12.9.